The van der Waals surface area contributed by atoms with Crippen LogP contribution in [0.1, 0.15) is 12.0 Å². The lowest BCUT2D eigenvalue weighted by molar-refractivity contribution is -0.165. The van der Waals surface area contributed by atoms with E-state index in [0.29, 0.717) is 11.3 Å². The lowest BCUT2D eigenvalue weighted by atomic mass is 9.94. The van der Waals surface area contributed by atoms with Crippen LogP contribution in [-0.4, -0.2) is 30.9 Å². The Morgan fingerprint density at radius 3 is 2.78 bits per heavy atom. The van der Waals surface area contributed by atoms with Crippen molar-refractivity contribution in [1.82, 2.24) is 0 Å². The SMILES string of the molecule is COC(=O)C1(CN)CC(c2ccc(F)cc2)=NO1. The molecule has 0 bridgehead atoms. The van der Waals surface area contributed by atoms with Gasteiger partial charge in [0.15, 0.2) is 0 Å². The van der Waals surface area contributed by atoms with Gasteiger partial charge in [-0.3, -0.25) is 0 Å². The molecular weight excluding hydrogens is 239 g/mol. The molecule has 18 heavy (non-hydrogen) atoms. The number of carbonyl (C=O) groups excluding carboxylic acids is 1. The fourth-order valence-electron chi connectivity index (χ4n) is 1.76. The highest BCUT2D eigenvalue weighted by Crippen LogP contribution is 2.27. The number of hydrogen-bond donors (Lipinski definition) is 1. The smallest absolute Gasteiger partial charge is 0.354 e. The van der Waals surface area contributed by atoms with Gasteiger partial charge in [0.25, 0.3) is 5.60 Å². The zero-order valence-corrected chi connectivity index (χ0v) is 9.85. The summed E-state index contributed by atoms with van der Waals surface area (Å²) in [7, 11) is 1.26. The molecule has 96 valence electrons. The van der Waals surface area contributed by atoms with E-state index in [1.54, 1.807) is 12.1 Å². The van der Waals surface area contributed by atoms with Gasteiger partial charge in [-0.15, -0.1) is 0 Å². The standard InChI is InChI=1S/C12H13FN2O3/c1-17-11(16)12(7-14)6-10(15-18-12)8-2-4-9(13)5-3-8/h2-5H,6-7,14H2,1H3. The van der Waals surface area contributed by atoms with Gasteiger partial charge in [-0.1, -0.05) is 17.3 Å². The van der Waals surface area contributed by atoms with Gasteiger partial charge in [0.2, 0.25) is 0 Å². The number of nitrogens with zero attached hydrogens (tertiary/aromatic N) is 1. The van der Waals surface area contributed by atoms with Crippen molar-refractivity contribution in [2.45, 2.75) is 12.0 Å². The molecule has 6 heteroatoms. The van der Waals surface area contributed by atoms with E-state index in [-0.39, 0.29) is 18.8 Å². The maximum atomic E-state index is 12.8. The summed E-state index contributed by atoms with van der Waals surface area (Å²) in [5.41, 5.74) is 5.52. The molecule has 1 unspecified atom stereocenters. The second-order valence-electron chi connectivity index (χ2n) is 4.00. The minimum atomic E-state index is -1.27. The van der Waals surface area contributed by atoms with E-state index in [2.05, 4.69) is 9.89 Å². The van der Waals surface area contributed by atoms with Gasteiger partial charge < -0.3 is 15.3 Å². The third-order valence-corrected chi connectivity index (χ3v) is 2.85. The summed E-state index contributed by atoms with van der Waals surface area (Å²) in [5.74, 6) is -0.901. The average molecular weight is 252 g/mol. The first kappa shape index (κ1) is 12.5. The van der Waals surface area contributed by atoms with Crippen LogP contribution in [0.2, 0.25) is 0 Å². The highest BCUT2D eigenvalue weighted by Gasteiger charge is 2.46. The molecule has 2 N–H and O–H groups in total. The second-order valence-corrected chi connectivity index (χ2v) is 4.00. The van der Waals surface area contributed by atoms with Gasteiger partial charge in [-0.2, -0.15) is 0 Å². The molecule has 2 rings (SSSR count). The lowest BCUT2D eigenvalue weighted by Crippen LogP contribution is -2.46. The van der Waals surface area contributed by atoms with Crippen molar-refractivity contribution in [2.75, 3.05) is 13.7 Å². The predicted molar refractivity (Wildman–Crippen MR) is 62.4 cm³/mol. The summed E-state index contributed by atoms with van der Waals surface area (Å²) in [6.45, 7) is -0.0339. The number of ether oxygens (including phenoxy) is 1. The van der Waals surface area contributed by atoms with Crippen LogP contribution in [0.25, 0.3) is 0 Å². The monoisotopic (exact) mass is 252 g/mol. The quantitative estimate of drug-likeness (QED) is 0.808. The largest absolute Gasteiger partial charge is 0.466 e. The number of hydrogen-bond acceptors (Lipinski definition) is 5. The van der Waals surface area contributed by atoms with Crippen LogP contribution < -0.4 is 5.73 Å². The lowest BCUT2D eigenvalue weighted by Gasteiger charge is -2.21. The van der Waals surface area contributed by atoms with E-state index in [9.17, 15) is 9.18 Å². The van der Waals surface area contributed by atoms with E-state index in [0.717, 1.165) is 0 Å². The molecule has 1 atom stereocenters. The topological polar surface area (TPSA) is 73.9 Å². The Hall–Kier alpha value is -1.95. The first-order valence-electron chi connectivity index (χ1n) is 5.41. The van der Waals surface area contributed by atoms with Gasteiger partial charge in [0.1, 0.15) is 5.82 Å². The Kier molecular flexibility index (Phi) is 3.29. The van der Waals surface area contributed by atoms with Crippen molar-refractivity contribution in [1.29, 1.82) is 0 Å². The summed E-state index contributed by atoms with van der Waals surface area (Å²) < 4.78 is 17.5. The molecular formula is C12H13FN2O3. The highest BCUT2D eigenvalue weighted by atomic mass is 19.1. The van der Waals surface area contributed by atoms with Crippen LogP contribution in [0.5, 0.6) is 0 Å². The molecule has 1 aromatic rings. The summed E-state index contributed by atoms with van der Waals surface area (Å²) in [6.07, 6.45) is 0.210. The summed E-state index contributed by atoms with van der Waals surface area (Å²) in [4.78, 5) is 16.8. The van der Waals surface area contributed by atoms with Crippen LogP contribution in [0.15, 0.2) is 29.4 Å². The van der Waals surface area contributed by atoms with E-state index < -0.39 is 11.6 Å². The molecule has 0 spiro atoms. The molecule has 0 saturated carbocycles. The van der Waals surface area contributed by atoms with Crippen molar-refractivity contribution >= 4 is 11.7 Å². The molecule has 1 heterocycles. The average Bonchev–Trinajstić information content (AvgIpc) is 2.84. The first-order chi connectivity index (χ1) is 8.61. The Labute approximate surface area is 103 Å². The third-order valence-electron chi connectivity index (χ3n) is 2.85. The number of esters is 1. The van der Waals surface area contributed by atoms with Gasteiger partial charge in [0.05, 0.1) is 12.8 Å². The minimum Gasteiger partial charge on any atom is -0.466 e. The summed E-state index contributed by atoms with van der Waals surface area (Å²) in [5, 5.41) is 3.84. The molecule has 0 fully saturated rings. The van der Waals surface area contributed by atoms with Crippen LogP contribution in [-0.2, 0) is 14.4 Å². The van der Waals surface area contributed by atoms with E-state index in [4.69, 9.17) is 10.6 Å². The Balaban J connectivity index is 2.20. The molecule has 1 aliphatic rings. The number of rotatable bonds is 3. The highest BCUT2D eigenvalue weighted by molar-refractivity contribution is 6.04. The third kappa shape index (κ3) is 2.06. The normalized spacial score (nSPS) is 22.3. The van der Waals surface area contributed by atoms with Crippen LogP contribution in [0, 0.1) is 5.82 Å². The maximum Gasteiger partial charge on any atom is 0.354 e. The maximum absolute atomic E-state index is 12.8. The number of nitrogens with two attached hydrogens (primary N) is 1. The number of oxime groups is 1. The molecule has 0 radical (unpaired) electrons. The second kappa shape index (κ2) is 4.73. The van der Waals surface area contributed by atoms with Crippen molar-refractivity contribution < 1.29 is 18.8 Å². The van der Waals surface area contributed by atoms with E-state index >= 15 is 0 Å². The minimum absolute atomic E-state index is 0.0339. The molecule has 1 aromatic carbocycles. The van der Waals surface area contributed by atoms with Crippen molar-refractivity contribution in [2.24, 2.45) is 10.9 Å². The van der Waals surface area contributed by atoms with Gasteiger partial charge in [-0.25, -0.2) is 9.18 Å². The summed E-state index contributed by atoms with van der Waals surface area (Å²) >= 11 is 0. The molecule has 0 aliphatic carbocycles. The van der Waals surface area contributed by atoms with Crippen LogP contribution in [0.4, 0.5) is 4.39 Å². The van der Waals surface area contributed by atoms with Gasteiger partial charge in [-0.05, 0) is 17.7 Å². The van der Waals surface area contributed by atoms with Gasteiger partial charge >= 0.3 is 5.97 Å². The number of carbonyl (C=O) groups is 1. The zero-order chi connectivity index (χ0) is 13.2. The van der Waals surface area contributed by atoms with E-state index in [1.807, 2.05) is 0 Å². The fraction of sp³-hybridized carbons (Fsp3) is 0.333. The van der Waals surface area contributed by atoms with Crippen molar-refractivity contribution in [3.63, 3.8) is 0 Å². The number of methoxy groups -OCH3 is 1. The number of halogens is 1. The van der Waals surface area contributed by atoms with E-state index in [1.165, 1.54) is 19.2 Å². The molecule has 0 aromatic heterocycles. The van der Waals surface area contributed by atoms with Crippen molar-refractivity contribution in [3.8, 4) is 0 Å². The Morgan fingerprint density at radius 1 is 1.56 bits per heavy atom. The zero-order valence-electron chi connectivity index (χ0n) is 9.85. The predicted octanol–water partition coefficient (Wildman–Crippen LogP) is 0.821. The molecule has 0 amide bonds. The Bertz CT molecular complexity index is 487. The van der Waals surface area contributed by atoms with Gasteiger partial charge in [0, 0.05) is 13.0 Å². The first-order valence-corrected chi connectivity index (χ1v) is 5.41. The van der Waals surface area contributed by atoms with Crippen LogP contribution in [0.3, 0.4) is 0 Å². The van der Waals surface area contributed by atoms with Crippen molar-refractivity contribution in [3.05, 3.63) is 35.6 Å². The van der Waals surface area contributed by atoms with Crippen LogP contribution >= 0.6 is 0 Å². The fourth-order valence-corrected chi connectivity index (χ4v) is 1.76. The molecule has 5 nitrogen and oxygen atoms in total. The molecule has 1 aliphatic heterocycles. The summed E-state index contributed by atoms with van der Waals surface area (Å²) in [6, 6.07) is 5.78. The molecule has 0 saturated heterocycles. The number of benzene rings is 1. The Morgan fingerprint density at radius 2 is 2.22 bits per heavy atom.